The van der Waals surface area contributed by atoms with Crippen molar-refractivity contribution in [2.75, 3.05) is 13.2 Å². The minimum atomic E-state index is -0.859. The summed E-state index contributed by atoms with van der Waals surface area (Å²) in [5.41, 5.74) is 0. The maximum absolute atomic E-state index is 11.2. The van der Waals surface area contributed by atoms with E-state index < -0.39 is 12.0 Å². The number of hydrogen-bond acceptors (Lipinski definition) is 4. The van der Waals surface area contributed by atoms with E-state index in [1.165, 1.54) is 6.08 Å². The minimum absolute atomic E-state index is 0.146. The van der Waals surface area contributed by atoms with E-state index in [1.807, 2.05) is 6.07 Å². The Labute approximate surface area is 90.9 Å². The van der Waals surface area contributed by atoms with Gasteiger partial charge in [-0.25, -0.2) is 4.79 Å². The SMILES string of the molecule is C=CCOC(=O)C(C#N)NCCCCC. The molecule has 15 heavy (non-hydrogen) atoms. The van der Waals surface area contributed by atoms with Gasteiger partial charge in [0.25, 0.3) is 0 Å². The number of carbonyl (C=O) groups is 1. The standard InChI is InChI=1S/C11H18N2O2/c1-3-5-6-7-13-10(9-12)11(14)15-8-4-2/h4,10,13H,2-3,5-8H2,1H3. The van der Waals surface area contributed by atoms with Crippen molar-refractivity contribution in [1.29, 1.82) is 5.26 Å². The van der Waals surface area contributed by atoms with Crippen LogP contribution in [0.4, 0.5) is 0 Å². The molecular formula is C11H18N2O2. The first-order valence-electron chi connectivity index (χ1n) is 5.16. The minimum Gasteiger partial charge on any atom is -0.460 e. The summed E-state index contributed by atoms with van der Waals surface area (Å²) in [6.07, 6.45) is 4.64. The summed E-state index contributed by atoms with van der Waals surface area (Å²) in [5.74, 6) is -0.533. The Kier molecular flexibility index (Phi) is 8.40. The zero-order chi connectivity index (χ0) is 11.5. The molecule has 1 atom stereocenters. The zero-order valence-corrected chi connectivity index (χ0v) is 9.16. The van der Waals surface area contributed by atoms with Gasteiger partial charge < -0.3 is 4.74 Å². The third-order valence-corrected chi connectivity index (χ3v) is 1.84. The van der Waals surface area contributed by atoms with Gasteiger partial charge in [-0.15, -0.1) is 0 Å². The van der Waals surface area contributed by atoms with Crippen molar-refractivity contribution in [3.8, 4) is 6.07 Å². The molecular weight excluding hydrogens is 192 g/mol. The highest BCUT2D eigenvalue weighted by Crippen LogP contribution is 1.94. The van der Waals surface area contributed by atoms with Crippen LogP contribution in [0.2, 0.25) is 0 Å². The number of nitriles is 1. The van der Waals surface area contributed by atoms with Gasteiger partial charge in [0.05, 0.1) is 6.07 Å². The summed E-state index contributed by atoms with van der Waals surface area (Å²) in [7, 11) is 0. The molecule has 0 aliphatic carbocycles. The lowest BCUT2D eigenvalue weighted by molar-refractivity contribution is -0.143. The van der Waals surface area contributed by atoms with Gasteiger partial charge in [0.1, 0.15) is 6.61 Å². The molecule has 0 aliphatic heterocycles. The second kappa shape index (κ2) is 9.22. The van der Waals surface area contributed by atoms with Crippen molar-refractivity contribution >= 4 is 5.97 Å². The van der Waals surface area contributed by atoms with Crippen molar-refractivity contribution < 1.29 is 9.53 Å². The molecule has 0 heterocycles. The molecule has 1 unspecified atom stereocenters. The smallest absolute Gasteiger partial charge is 0.338 e. The molecule has 0 aromatic carbocycles. The molecule has 0 radical (unpaired) electrons. The fourth-order valence-electron chi connectivity index (χ4n) is 1.03. The summed E-state index contributed by atoms with van der Waals surface area (Å²) in [6, 6.07) is 1.01. The summed E-state index contributed by atoms with van der Waals surface area (Å²) < 4.78 is 4.76. The quantitative estimate of drug-likeness (QED) is 0.373. The summed E-state index contributed by atoms with van der Waals surface area (Å²) in [6.45, 7) is 6.33. The summed E-state index contributed by atoms with van der Waals surface area (Å²) in [4.78, 5) is 11.2. The van der Waals surface area contributed by atoms with Crippen LogP contribution in [0.1, 0.15) is 26.2 Å². The van der Waals surface area contributed by atoms with Crippen LogP contribution >= 0.6 is 0 Å². The molecule has 1 N–H and O–H groups in total. The van der Waals surface area contributed by atoms with E-state index in [-0.39, 0.29) is 6.61 Å². The number of hydrogen-bond donors (Lipinski definition) is 1. The van der Waals surface area contributed by atoms with Gasteiger partial charge in [-0.05, 0) is 13.0 Å². The van der Waals surface area contributed by atoms with Gasteiger partial charge in [-0.2, -0.15) is 5.26 Å². The highest BCUT2D eigenvalue weighted by atomic mass is 16.5. The first-order valence-corrected chi connectivity index (χ1v) is 5.16. The maximum atomic E-state index is 11.2. The fourth-order valence-corrected chi connectivity index (χ4v) is 1.03. The first-order chi connectivity index (χ1) is 7.26. The van der Waals surface area contributed by atoms with Crippen LogP contribution in [-0.2, 0) is 9.53 Å². The normalized spacial score (nSPS) is 11.5. The van der Waals surface area contributed by atoms with E-state index in [2.05, 4.69) is 18.8 Å². The Morgan fingerprint density at radius 2 is 2.40 bits per heavy atom. The van der Waals surface area contributed by atoms with Crippen LogP contribution in [0.5, 0.6) is 0 Å². The van der Waals surface area contributed by atoms with Crippen molar-refractivity contribution in [2.45, 2.75) is 32.2 Å². The van der Waals surface area contributed by atoms with Crippen LogP contribution in [0.15, 0.2) is 12.7 Å². The Morgan fingerprint density at radius 1 is 1.67 bits per heavy atom. The lowest BCUT2D eigenvalue weighted by Crippen LogP contribution is -2.37. The number of ether oxygens (including phenoxy) is 1. The van der Waals surface area contributed by atoms with Crippen LogP contribution in [0.3, 0.4) is 0 Å². The average molecular weight is 210 g/mol. The van der Waals surface area contributed by atoms with Crippen LogP contribution in [0.25, 0.3) is 0 Å². The Hall–Kier alpha value is -1.34. The Balaban J connectivity index is 3.76. The van der Waals surface area contributed by atoms with Gasteiger partial charge >= 0.3 is 5.97 Å². The fraction of sp³-hybridized carbons (Fsp3) is 0.636. The Morgan fingerprint density at radius 3 is 2.93 bits per heavy atom. The number of unbranched alkanes of at least 4 members (excludes halogenated alkanes) is 2. The van der Waals surface area contributed by atoms with E-state index in [9.17, 15) is 4.79 Å². The number of nitrogens with zero attached hydrogens (tertiary/aromatic N) is 1. The molecule has 84 valence electrons. The molecule has 0 saturated carbocycles. The lowest BCUT2D eigenvalue weighted by Gasteiger charge is -2.09. The second-order valence-electron chi connectivity index (χ2n) is 3.14. The largest absolute Gasteiger partial charge is 0.460 e. The number of carbonyl (C=O) groups excluding carboxylic acids is 1. The van der Waals surface area contributed by atoms with E-state index >= 15 is 0 Å². The van der Waals surface area contributed by atoms with E-state index in [1.54, 1.807) is 0 Å². The molecule has 0 aliphatic rings. The molecule has 0 fully saturated rings. The molecule has 0 amide bonds. The third kappa shape index (κ3) is 6.69. The Bertz CT molecular complexity index is 233. The average Bonchev–Trinajstić information content (AvgIpc) is 2.26. The van der Waals surface area contributed by atoms with Gasteiger partial charge in [-0.1, -0.05) is 32.4 Å². The highest BCUT2D eigenvalue weighted by Gasteiger charge is 2.17. The predicted octanol–water partition coefficient (Wildman–Crippen LogP) is 1.39. The topological polar surface area (TPSA) is 62.1 Å². The molecule has 0 saturated heterocycles. The number of rotatable bonds is 8. The molecule has 0 aromatic rings. The van der Waals surface area contributed by atoms with Crippen molar-refractivity contribution in [3.63, 3.8) is 0 Å². The van der Waals surface area contributed by atoms with E-state index in [4.69, 9.17) is 10.00 Å². The number of nitrogens with one attached hydrogen (secondary N) is 1. The van der Waals surface area contributed by atoms with Crippen LogP contribution < -0.4 is 5.32 Å². The van der Waals surface area contributed by atoms with Crippen molar-refractivity contribution in [1.82, 2.24) is 5.32 Å². The monoisotopic (exact) mass is 210 g/mol. The van der Waals surface area contributed by atoms with Gasteiger partial charge in [0.15, 0.2) is 6.04 Å². The summed E-state index contributed by atoms with van der Waals surface area (Å²) in [5, 5.41) is 11.6. The molecule has 0 aromatic heterocycles. The number of esters is 1. The second-order valence-corrected chi connectivity index (χ2v) is 3.14. The van der Waals surface area contributed by atoms with Gasteiger partial charge in [0, 0.05) is 0 Å². The van der Waals surface area contributed by atoms with Crippen LogP contribution in [0, 0.1) is 11.3 Å². The molecule has 4 heteroatoms. The van der Waals surface area contributed by atoms with E-state index in [0.29, 0.717) is 6.54 Å². The maximum Gasteiger partial charge on any atom is 0.338 e. The first kappa shape index (κ1) is 13.7. The zero-order valence-electron chi connectivity index (χ0n) is 9.16. The van der Waals surface area contributed by atoms with E-state index in [0.717, 1.165) is 19.3 Å². The molecule has 4 nitrogen and oxygen atoms in total. The molecule has 0 rings (SSSR count). The molecule has 0 bridgehead atoms. The van der Waals surface area contributed by atoms with Gasteiger partial charge in [-0.3, -0.25) is 5.32 Å². The van der Waals surface area contributed by atoms with Crippen molar-refractivity contribution in [2.24, 2.45) is 0 Å². The summed E-state index contributed by atoms with van der Waals surface area (Å²) >= 11 is 0. The highest BCUT2D eigenvalue weighted by molar-refractivity contribution is 5.78. The van der Waals surface area contributed by atoms with Gasteiger partial charge in [0.2, 0.25) is 0 Å². The molecule has 0 spiro atoms. The lowest BCUT2D eigenvalue weighted by atomic mass is 10.2. The predicted molar refractivity (Wildman–Crippen MR) is 58.1 cm³/mol. The third-order valence-electron chi connectivity index (χ3n) is 1.84. The van der Waals surface area contributed by atoms with Crippen LogP contribution in [-0.4, -0.2) is 25.2 Å². The van der Waals surface area contributed by atoms with Crippen molar-refractivity contribution in [3.05, 3.63) is 12.7 Å².